The van der Waals surface area contributed by atoms with Crippen molar-refractivity contribution in [1.82, 2.24) is 0 Å². The van der Waals surface area contributed by atoms with Crippen LogP contribution in [0.1, 0.15) is 171 Å². The van der Waals surface area contributed by atoms with Crippen molar-refractivity contribution in [1.29, 1.82) is 0 Å². The van der Waals surface area contributed by atoms with Gasteiger partial charge in [-0.1, -0.05) is 130 Å². The number of ether oxygens (including phenoxy) is 1. The van der Waals surface area contributed by atoms with Crippen LogP contribution < -0.4 is 0 Å². The fourth-order valence-electron chi connectivity index (χ4n) is 4.89. The first-order valence-corrected chi connectivity index (χ1v) is 15.7. The van der Waals surface area contributed by atoms with Crippen LogP contribution in [0.25, 0.3) is 0 Å². The summed E-state index contributed by atoms with van der Waals surface area (Å²) in [7, 11) is 0. The minimum absolute atomic E-state index is 0.244. The quantitative estimate of drug-likeness (QED) is 0.113. The highest BCUT2D eigenvalue weighted by molar-refractivity contribution is 5.90. The molecule has 36 heavy (non-hydrogen) atoms. The molecular weight excluding hydrogens is 444 g/mol. The lowest BCUT2D eigenvalue weighted by atomic mass is 9.97. The lowest BCUT2D eigenvalue weighted by molar-refractivity contribution is 0.0497. The second kappa shape index (κ2) is 22.7. The second-order valence-corrected chi connectivity index (χ2v) is 10.8. The smallest absolute Gasteiger partial charge is 0.338 e. The number of aromatic hydroxyl groups is 1. The van der Waals surface area contributed by atoms with Crippen LogP contribution in [0.2, 0.25) is 0 Å². The lowest BCUT2D eigenvalue weighted by Gasteiger charge is -2.13. The van der Waals surface area contributed by atoms with Crippen LogP contribution in [0.15, 0.2) is 12.1 Å². The Hall–Kier alpha value is -1.51. The molecule has 0 radical (unpaired) electrons. The average molecular weight is 503 g/mol. The molecule has 0 amide bonds. The van der Waals surface area contributed by atoms with Crippen LogP contribution in [0.5, 0.6) is 5.75 Å². The summed E-state index contributed by atoms with van der Waals surface area (Å²) in [5.74, 6) is 0.137. The topological polar surface area (TPSA) is 46.5 Å². The molecule has 0 saturated carbocycles. The van der Waals surface area contributed by atoms with E-state index in [1.165, 1.54) is 89.9 Å². The van der Waals surface area contributed by atoms with Gasteiger partial charge in [0.05, 0.1) is 12.2 Å². The van der Waals surface area contributed by atoms with E-state index in [1.54, 1.807) is 0 Å². The third-order valence-electron chi connectivity index (χ3n) is 7.33. The van der Waals surface area contributed by atoms with Gasteiger partial charge in [0.15, 0.2) is 0 Å². The van der Waals surface area contributed by atoms with E-state index >= 15 is 0 Å². The normalized spacial score (nSPS) is 11.2. The van der Waals surface area contributed by atoms with E-state index in [-0.39, 0.29) is 5.97 Å². The van der Waals surface area contributed by atoms with Gasteiger partial charge in [-0.25, -0.2) is 4.79 Å². The van der Waals surface area contributed by atoms with Crippen molar-refractivity contribution in [2.24, 2.45) is 0 Å². The Kier molecular flexibility index (Phi) is 20.5. The maximum atomic E-state index is 12.7. The fraction of sp³-hybridized carbons (Fsp3) is 0.788. The Balaban J connectivity index is 2.13. The van der Waals surface area contributed by atoms with Gasteiger partial charge in [0, 0.05) is 0 Å². The van der Waals surface area contributed by atoms with Crippen molar-refractivity contribution in [3.8, 4) is 5.75 Å². The maximum Gasteiger partial charge on any atom is 0.338 e. The van der Waals surface area contributed by atoms with Crippen molar-refractivity contribution >= 4 is 5.97 Å². The first kappa shape index (κ1) is 32.5. The second-order valence-electron chi connectivity index (χ2n) is 10.8. The molecule has 0 saturated heterocycles. The standard InChI is InChI=1S/C33H58O3/c1-4-7-10-11-12-13-14-15-16-17-18-19-20-21-22-23-26-36-33(35)31-27-29(24-8-5-2)32(34)30(28-31)25-9-6-3/h27-28,34H,4-26H2,1-3H3. The van der Waals surface area contributed by atoms with Gasteiger partial charge in [0.25, 0.3) is 0 Å². The van der Waals surface area contributed by atoms with Gasteiger partial charge < -0.3 is 9.84 Å². The van der Waals surface area contributed by atoms with Gasteiger partial charge >= 0.3 is 5.97 Å². The summed E-state index contributed by atoms with van der Waals surface area (Å²) in [6.45, 7) is 7.06. The van der Waals surface area contributed by atoms with E-state index in [0.717, 1.165) is 62.5 Å². The maximum absolute atomic E-state index is 12.7. The Morgan fingerprint density at radius 2 is 0.944 bits per heavy atom. The van der Waals surface area contributed by atoms with E-state index in [9.17, 15) is 9.90 Å². The van der Waals surface area contributed by atoms with Crippen molar-refractivity contribution in [2.75, 3.05) is 6.61 Å². The van der Waals surface area contributed by atoms with Crippen molar-refractivity contribution in [2.45, 2.75) is 162 Å². The number of rotatable bonds is 24. The first-order valence-electron chi connectivity index (χ1n) is 15.7. The highest BCUT2D eigenvalue weighted by Crippen LogP contribution is 2.28. The molecule has 1 aromatic carbocycles. The fourth-order valence-corrected chi connectivity index (χ4v) is 4.89. The number of phenols is 1. The number of carbonyl (C=O) groups excluding carboxylic acids is 1. The van der Waals surface area contributed by atoms with Crippen molar-refractivity contribution < 1.29 is 14.6 Å². The monoisotopic (exact) mass is 502 g/mol. The molecular formula is C33H58O3. The molecule has 0 fully saturated rings. The SMILES string of the molecule is CCCCCCCCCCCCCCCCCCOC(=O)c1cc(CCCC)c(O)c(CCCC)c1. The molecule has 1 rings (SSSR count). The van der Waals surface area contributed by atoms with E-state index in [2.05, 4.69) is 20.8 Å². The molecule has 0 atom stereocenters. The molecule has 0 aromatic heterocycles. The van der Waals surface area contributed by atoms with Crippen LogP contribution >= 0.6 is 0 Å². The highest BCUT2D eigenvalue weighted by Gasteiger charge is 2.15. The van der Waals surface area contributed by atoms with Gasteiger partial charge in [-0.05, 0) is 55.4 Å². The molecule has 1 aromatic rings. The van der Waals surface area contributed by atoms with Gasteiger partial charge in [0.2, 0.25) is 0 Å². The lowest BCUT2D eigenvalue weighted by Crippen LogP contribution is -2.08. The summed E-state index contributed by atoms with van der Waals surface area (Å²) in [5.41, 5.74) is 2.38. The Morgan fingerprint density at radius 1 is 0.583 bits per heavy atom. The number of carbonyl (C=O) groups is 1. The molecule has 208 valence electrons. The minimum Gasteiger partial charge on any atom is -0.507 e. The first-order chi connectivity index (χ1) is 17.6. The number of aryl methyl sites for hydroxylation is 2. The molecule has 3 heteroatoms. The average Bonchev–Trinajstić information content (AvgIpc) is 2.89. The zero-order chi connectivity index (χ0) is 26.3. The number of hydrogen-bond acceptors (Lipinski definition) is 3. The molecule has 0 bridgehead atoms. The molecule has 0 spiro atoms. The Labute approximate surface area is 223 Å². The van der Waals surface area contributed by atoms with E-state index in [4.69, 9.17) is 4.74 Å². The molecule has 0 aliphatic rings. The zero-order valence-corrected chi connectivity index (χ0v) is 24.2. The summed E-state index contributed by atoms with van der Waals surface area (Å²) in [6.07, 6.45) is 27.2. The summed E-state index contributed by atoms with van der Waals surface area (Å²) in [6, 6.07) is 3.69. The Morgan fingerprint density at radius 3 is 1.33 bits per heavy atom. The Bertz CT molecular complexity index is 638. The minimum atomic E-state index is -0.244. The third-order valence-corrected chi connectivity index (χ3v) is 7.33. The molecule has 0 aliphatic heterocycles. The molecule has 0 aliphatic carbocycles. The number of phenolic OH excluding ortho intramolecular Hbond substituents is 1. The summed E-state index contributed by atoms with van der Waals surface area (Å²) in [4.78, 5) is 12.7. The number of hydrogen-bond donors (Lipinski definition) is 1. The summed E-state index contributed by atoms with van der Waals surface area (Å²) in [5, 5.41) is 10.6. The van der Waals surface area contributed by atoms with Gasteiger partial charge in [0.1, 0.15) is 5.75 Å². The van der Waals surface area contributed by atoms with Crippen molar-refractivity contribution in [3.63, 3.8) is 0 Å². The largest absolute Gasteiger partial charge is 0.507 e. The zero-order valence-electron chi connectivity index (χ0n) is 24.2. The molecule has 0 unspecified atom stereocenters. The van der Waals surface area contributed by atoms with Crippen molar-refractivity contribution in [3.05, 3.63) is 28.8 Å². The van der Waals surface area contributed by atoms with Gasteiger partial charge in [-0.3, -0.25) is 0 Å². The van der Waals surface area contributed by atoms with Crippen LogP contribution in [0.4, 0.5) is 0 Å². The van der Waals surface area contributed by atoms with E-state index in [1.807, 2.05) is 12.1 Å². The highest BCUT2D eigenvalue weighted by atomic mass is 16.5. The van der Waals surface area contributed by atoms with Gasteiger partial charge in [-0.2, -0.15) is 0 Å². The number of unbranched alkanes of at least 4 members (excludes halogenated alkanes) is 17. The third kappa shape index (κ3) is 15.6. The van der Waals surface area contributed by atoms with Crippen LogP contribution in [-0.4, -0.2) is 17.7 Å². The van der Waals surface area contributed by atoms with E-state index < -0.39 is 0 Å². The number of benzene rings is 1. The molecule has 0 heterocycles. The van der Waals surface area contributed by atoms with Gasteiger partial charge in [-0.15, -0.1) is 0 Å². The predicted molar refractivity (Wildman–Crippen MR) is 155 cm³/mol. The van der Waals surface area contributed by atoms with Crippen LogP contribution in [0, 0.1) is 0 Å². The predicted octanol–water partition coefficient (Wildman–Crippen LogP) is 10.5. The van der Waals surface area contributed by atoms with Crippen LogP contribution in [0.3, 0.4) is 0 Å². The van der Waals surface area contributed by atoms with E-state index in [0.29, 0.717) is 17.9 Å². The molecule has 3 nitrogen and oxygen atoms in total. The molecule has 1 N–H and O–H groups in total. The number of esters is 1. The summed E-state index contributed by atoms with van der Waals surface area (Å²) >= 11 is 0. The summed E-state index contributed by atoms with van der Waals surface area (Å²) < 4.78 is 5.59. The van der Waals surface area contributed by atoms with Crippen LogP contribution in [-0.2, 0) is 17.6 Å².